The van der Waals surface area contributed by atoms with E-state index in [1.807, 2.05) is 13.0 Å². The van der Waals surface area contributed by atoms with Gasteiger partial charge in [0.25, 0.3) is 0 Å². The summed E-state index contributed by atoms with van der Waals surface area (Å²) in [5.74, 6) is 1.22. The Kier molecular flexibility index (Phi) is 3.09. The summed E-state index contributed by atoms with van der Waals surface area (Å²) < 4.78 is 6.22. The summed E-state index contributed by atoms with van der Waals surface area (Å²) in [6.07, 6.45) is 1.64. The first-order chi connectivity index (χ1) is 7.20. The van der Waals surface area contributed by atoms with Crippen molar-refractivity contribution in [2.75, 3.05) is 6.61 Å². The molecule has 0 amide bonds. The zero-order valence-corrected chi connectivity index (χ0v) is 9.68. The van der Waals surface area contributed by atoms with Gasteiger partial charge in [-0.3, -0.25) is 0 Å². The van der Waals surface area contributed by atoms with Crippen LogP contribution < -0.4 is 0 Å². The fraction of sp³-hybridized carbons (Fsp3) is 0.300. The molecule has 2 aromatic heterocycles. The van der Waals surface area contributed by atoms with Crippen LogP contribution in [0.25, 0.3) is 10.8 Å². The largest absolute Gasteiger partial charge is 0.440 e. The van der Waals surface area contributed by atoms with Gasteiger partial charge in [-0.1, -0.05) is 18.5 Å². The molecule has 80 valence electrons. The Hall–Kier alpha value is -0.840. The van der Waals surface area contributed by atoms with Crippen molar-refractivity contribution in [2.45, 2.75) is 12.8 Å². The van der Waals surface area contributed by atoms with E-state index in [0.29, 0.717) is 16.0 Å². The van der Waals surface area contributed by atoms with Crippen molar-refractivity contribution in [1.82, 2.24) is 4.98 Å². The van der Waals surface area contributed by atoms with Crippen LogP contribution >= 0.6 is 22.9 Å². The first-order valence-electron chi connectivity index (χ1n) is 4.53. The molecule has 0 saturated heterocycles. The van der Waals surface area contributed by atoms with Crippen LogP contribution in [0, 0.1) is 0 Å². The molecular formula is C10H10ClNO2S. The fourth-order valence-electron chi connectivity index (χ4n) is 1.15. The molecule has 0 spiro atoms. The summed E-state index contributed by atoms with van der Waals surface area (Å²) >= 11 is 7.24. The Morgan fingerprint density at radius 1 is 1.60 bits per heavy atom. The zero-order valence-electron chi connectivity index (χ0n) is 8.11. The normalized spacial score (nSPS) is 13.0. The topological polar surface area (TPSA) is 46.3 Å². The van der Waals surface area contributed by atoms with Crippen molar-refractivity contribution >= 4 is 22.9 Å². The third-order valence-electron chi connectivity index (χ3n) is 2.07. The molecule has 2 rings (SSSR count). The maximum Gasteiger partial charge on any atom is 0.236 e. The molecule has 0 aliphatic rings. The molecule has 5 heteroatoms. The first kappa shape index (κ1) is 10.7. The van der Waals surface area contributed by atoms with Crippen LogP contribution in [0.2, 0.25) is 4.34 Å². The lowest BCUT2D eigenvalue weighted by Crippen LogP contribution is -1.96. The highest BCUT2D eigenvalue weighted by Crippen LogP contribution is 2.31. The predicted octanol–water partition coefficient (Wildman–Crippen LogP) is 3.15. The van der Waals surface area contributed by atoms with E-state index in [1.165, 1.54) is 11.3 Å². The Morgan fingerprint density at radius 3 is 3.00 bits per heavy atom. The molecule has 2 heterocycles. The lowest BCUT2D eigenvalue weighted by molar-refractivity contribution is 0.258. The van der Waals surface area contributed by atoms with Crippen molar-refractivity contribution in [3.63, 3.8) is 0 Å². The molecule has 0 radical (unpaired) electrons. The molecule has 1 N–H and O–H groups in total. The Labute approximate surface area is 96.3 Å². The first-order valence-corrected chi connectivity index (χ1v) is 5.72. The number of hydrogen-bond acceptors (Lipinski definition) is 4. The van der Waals surface area contributed by atoms with Gasteiger partial charge in [-0.05, 0) is 12.1 Å². The van der Waals surface area contributed by atoms with Crippen LogP contribution in [-0.4, -0.2) is 16.7 Å². The number of hydrogen-bond donors (Lipinski definition) is 1. The molecule has 0 aliphatic carbocycles. The molecule has 0 aromatic carbocycles. The molecule has 15 heavy (non-hydrogen) atoms. The minimum Gasteiger partial charge on any atom is -0.440 e. The van der Waals surface area contributed by atoms with Gasteiger partial charge in [0, 0.05) is 5.92 Å². The third kappa shape index (κ3) is 2.22. The highest BCUT2D eigenvalue weighted by Gasteiger charge is 2.13. The summed E-state index contributed by atoms with van der Waals surface area (Å²) in [6.45, 7) is 1.94. The van der Waals surface area contributed by atoms with Crippen molar-refractivity contribution in [1.29, 1.82) is 0 Å². The molecule has 0 fully saturated rings. The minimum absolute atomic E-state index is 0.0262. The maximum absolute atomic E-state index is 8.97. The third-order valence-corrected chi connectivity index (χ3v) is 3.29. The van der Waals surface area contributed by atoms with Crippen molar-refractivity contribution in [3.8, 4) is 10.8 Å². The zero-order chi connectivity index (χ0) is 10.8. The summed E-state index contributed by atoms with van der Waals surface area (Å²) in [6, 6.07) is 3.67. The van der Waals surface area contributed by atoms with E-state index in [0.717, 1.165) is 4.88 Å². The molecule has 3 nitrogen and oxygen atoms in total. The highest BCUT2D eigenvalue weighted by atomic mass is 35.5. The van der Waals surface area contributed by atoms with Gasteiger partial charge in [-0.15, -0.1) is 11.3 Å². The number of aliphatic hydroxyl groups is 1. The Balaban J connectivity index is 2.27. The van der Waals surface area contributed by atoms with Gasteiger partial charge in [-0.25, -0.2) is 4.98 Å². The van der Waals surface area contributed by atoms with Crippen molar-refractivity contribution < 1.29 is 9.52 Å². The van der Waals surface area contributed by atoms with E-state index in [-0.39, 0.29) is 12.5 Å². The molecule has 1 unspecified atom stereocenters. The van der Waals surface area contributed by atoms with Gasteiger partial charge < -0.3 is 9.52 Å². The SMILES string of the molecule is CC(CO)c1cnc(-c2ccc(Cl)s2)o1. The number of nitrogens with zero attached hydrogens (tertiary/aromatic N) is 1. The van der Waals surface area contributed by atoms with Crippen LogP contribution in [0.4, 0.5) is 0 Å². The van der Waals surface area contributed by atoms with Gasteiger partial charge >= 0.3 is 0 Å². The van der Waals surface area contributed by atoms with E-state index in [9.17, 15) is 0 Å². The van der Waals surface area contributed by atoms with Gasteiger partial charge in [0.2, 0.25) is 5.89 Å². The van der Waals surface area contributed by atoms with E-state index >= 15 is 0 Å². The number of halogens is 1. The highest BCUT2D eigenvalue weighted by molar-refractivity contribution is 7.19. The summed E-state index contributed by atoms with van der Waals surface area (Å²) in [4.78, 5) is 5.04. The smallest absolute Gasteiger partial charge is 0.236 e. The molecule has 2 aromatic rings. The average Bonchev–Trinajstić information content (AvgIpc) is 2.84. The summed E-state index contributed by atoms with van der Waals surface area (Å²) in [5.41, 5.74) is 0. The van der Waals surface area contributed by atoms with Crippen molar-refractivity contribution in [3.05, 3.63) is 28.4 Å². The number of aromatic nitrogens is 1. The number of thiophene rings is 1. The Morgan fingerprint density at radius 2 is 2.40 bits per heavy atom. The lowest BCUT2D eigenvalue weighted by Gasteiger charge is -2.00. The summed E-state index contributed by atoms with van der Waals surface area (Å²) in [7, 11) is 0. The second kappa shape index (κ2) is 4.35. The molecular weight excluding hydrogens is 234 g/mol. The quantitative estimate of drug-likeness (QED) is 0.901. The summed E-state index contributed by atoms with van der Waals surface area (Å²) in [5, 5.41) is 8.97. The minimum atomic E-state index is -0.0262. The molecule has 1 atom stereocenters. The van der Waals surface area contributed by atoms with Crippen LogP contribution in [-0.2, 0) is 0 Å². The molecule has 0 aliphatic heterocycles. The van der Waals surface area contributed by atoms with Crippen molar-refractivity contribution in [2.24, 2.45) is 0 Å². The second-order valence-electron chi connectivity index (χ2n) is 3.26. The van der Waals surface area contributed by atoms with Crippen LogP contribution in [0.1, 0.15) is 18.6 Å². The number of oxazole rings is 1. The van der Waals surface area contributed by atoms with Crippen LogP contribution in [0.5, 0.6) is 0 Å². The number of aliphatic hydroxyl groups excluding tert-OH is 1. The molecule has 0 saturated carbocycles. The monoisotopic (exact) mass is 243 g/mol. The van der Waals surface area contributed by atoms with Gasteiger partial charge in [0.1, 0.15) is 5.76 Å². The molecule has 0 bridgehead atoms. The van der Waals surface area contributed by atoms with Gasteiger partial charge in [-0.2, -0.15) is 0 Å². The fourth-order valence-corrected chi connectivity index (χ4v) is 2.12. The Bertz CT molecular complexity index is 452. The lowest BCUT2D eigenvalue weighted by atomic mass is 10.1. The van der Waals surface area contributed by atoms with E-state index in [4.69, 9.17) is 21.1 Å². The maximum atomic E-state index is 8.97. The van der Waals surface area contributed by atoms with Crippen LogP contribution in [0.15, 0.2) is 22.7 Å². The second-order valence-corrected chi connectivity index (χ2v) is 4.97. The van der Waals surface area contributed by atoms with E-state index in [1.54, 1.807) is 12.3 Å². The van der Waals surface area contributed by atoms with E-state index < -0.39 is 0 Å². The standard InChI is InChI=1S/C10H10ClNO2S/c1-6(5-13)7-4-12-10(14-7)8-2-3-9(11)15-8/h2-4,6,13H,5H2,1H3. The van der Waals surface area contributed by atoms with E-state index in [2.05, 4.69) is 4.98 Å². The van der Waals surface area contributed by atoms with Gasteiger partial charge in [0.05, 0.1) is 22.0 Å². The van der Waals surface area contributed by atoms with Gasteiger partial charge in [0.15, 0.2) is 0 Å². The number of rotatable bonds is 3. The average molecular weight is 244 g/mol. The predicted molar refractivity (Wildman–Crippen MR) is 60.3 cm³/mol. The van der Waals surface area contributed by atoms with Crippen LogP contribution in [0.3, 0.4) is 0 Å².